The lowest BCUT2D eigenvalue weighted by Crippen LogP contribution is -2.02. The average Bonchev–Trinajstić information content (AvgIpc) is 2.16. The van der Waals surface area contributed by atoms with Crippen LogP contribution in [-0.4, -0.2) is 12.1 Å². The Morgan fingerprint density at radius 3 is 2.64 bits per heavy atom. The van der Waals surface area contributed by atoms with Gasteiger partial charge in [-0.1, -0.05) is 0 Å². The van der Waals surface area contributed by atoms with Gasteiger partial charge in [-0.25, -0.2) is 18.2 Å². The Bertz CT molecular complexity index is 333. The largest absolute Gasteiger partial charge is 0.479 e. The van der Waals surface area contributed by atoms with E-state index < -0.39 is 23.8 Å². The van der Waals surface area contributed by atoms with E-state index >= 15 is 0 Å². The second-order valence-corrected chi connectivity index (χ2v) is 2.73. The number of alkyl halides is 3. The van der Waals surface area contributed by atoms with Gasteiger partial charge in [0, 0.05) is 5.88 Å². The number of pyridine rings is 1. The molecule has 0 N–H and O–H groups in total. The van der Waals surface area contributed by atoms with E-state index in [-0.39, 0.29) is 11.4 Å². The Kier molecular flexibility index (Phi) is 3.57. The van der Waals surface area contributed by atoms with Crippen LogP contribution in [0.4, 0.5) is 13.2 Å². The number of rotatable bonds is 3. The Balaban J connectivity index is 3.25. The number of hydrogen-bond donors (Lipinski definition) is 0. The van der Waals surface area contributed by atoms with Gasteiger partial charge >= 0.3 is 0 Å². The van der Waals surface area contributed by atoms with Gasteiger partial charge in [-0.15, -0.1) is 11.6 Å². The normalized spacial score (nSPS) is 10.7. The summed E-state index contributed by atoms with van der Waals surface area (Å²) in [6.07, 6.45) is -2.79. The molecule has 6 heteroatoms. The molecular weight excluding hydrogens is 219 g/mol. The molecule has 0 radical (unpaired) electrons. The highest BCUT2D eigenvalue weighted by Gasteiger charge is 2.18. The van der Waals surface area contributed by atoms with E-state index in [9.17, 15) is 13.2 Å². The summed E-state index contributed by atoms with van der Waals surface area (Å²) < 4.78 is 42.2. The molecule has 0 saturated carbocycles. The molecule has 78 valence electrons. The number of methoxy groups -OCH3 is 1. The summed E-state index contributed by atoms with van der Waals surface area (Å²) in [6, 6.07) is 0.903. The molecule has 0 saturated heterocycles. The molecule has 0 unspecified atom stereocenters. The SMILES string of the molecule is COc1nc(C(F)F)c(CCl)cc1F. The lowest BCUT2D eigenvalue weighted by Gasteiger charge is -2.08. The summed E-state index contributed by atoms with van der Waals surface area (Å²) in [4.78, 5) is 3.33. The zero-order chi connectivity index (χ0) is 10.7. The first kappa shape index (κ1) is 11.1. The van der Waals surface area contributed by atoms with Gasteiger partial charge in [-0.2, -0.15) is 0 Å². The van der Waals surface area contributed by atoms with E-state index in [1.54, 1.807) is 0 Å². The zero-order valence-corrected chi connectivity index (χ0v) is 7.99. The smallest absolute Gasteiger partial charge is 0.280 e. The van der Waals surface area contributed by atoms with Crippen molar-refractivity contribution in [3.8, 4) is 5.88 Å². The minimum Gasteiger partial charge on any atom is -0.479 e. The van der Waals surface area contributed by atoms with Crippen LogP contribution < -0.4 is 4.74 Å². The quantitative estimate of drug-likeness (QED) is 0.738. The van der Waals surface area contributed by atoms with Crippen LogP contribution in [0.2, 0.25) is 0 Å². The number of ether oxygens (including phenoxy) is 1. The Labute approximate surface area is 83.7 Å². The Morgan fingerprint density at radius 1 is 1.57 bits per heavy atom. The minimum atomic E-state index is -2.79. The fourth-order valence-corrected chi connectivity index (χ4v) is 1.18. The van der Waals surface area contributed by atoms with Gasteiger partial charge in [0.05, 0.1) is 7.11 Å². The van der Waals surface area contributed by atoms with Crippen molar-refractivity contribution in [3.05, 3.63) is 23.1 Å². The molecule has 0 aliphatic heterocycles. The van der Waals surface area contributed by atoms with Gasteiger partial charge in [0.1, 0.15) is 5.69 Å². The highest BCUT2D eigenvalue weighted by molar-refractivity contribution is 6.17. The van der Waals surface area contributed by atoms with Crippen LogP contribution in [0.5, 0.6) is 5.88 Å². The van der Waals surface area contributed by atoms with Gasteiger partial charge < -0.3 is 4.74 Å². The summed E-state index contributed by atoms with van der Waals surface area (Å²) in [5.41, 5.74) is -0.571. The summed E-state index contributed by atoms with van der Waals surface area (Å²) in [6.45, 7) is 0. The molecule has 1 rings (SSSR count). The standard InChI is InChI=1S/C8H7ClF3NO/c1-14-8-5(10)2-4(3-9)6(13-8)7(11)12/h2,7H,3H2,1H3. The van der Waals surface area contributed by atoms with Crippen molar-refractivity contribution < 1.29 is 17.9 Å². The molecule has 14 heavy (non-hydrogen) atoms. The van der Waals surface area contributed by atoms with E-state index in [0.717, 1.165) is 13.2 Å². The maximum atomic E-state index is 13.0. The van der Waals surface area contributed by atoms with E-state index in [2.05, 4.69) is 9.72 Å². The molecule has 0 spiro atoms. The molecule has 0 amide bonds. The molecular formula is C8H7ClF3NO. The predicted octanol–water partition coefficient (Wildman–Crippen LogP) is 2.91. The second kappa shape index (κ2) is 4.50. The highest BCUT2D eigenvalue weighted by Crippen LogP contribution is 2.26. The van der Waals surface area contributed by atoms with Crippen molar-refractivity contribution in [2.45, 2.75) is 12.3 Å². The topological polar surface area (TPSA) is 22.1 Å². The van der Waals surface area contributed by atoms with Crippen molar-refractivity contribution in [2.75, 3.05) is 7.11 Å². The molecule has 0 fully saturated rings. The van der Waals surface area contributed by atoms with Crippen molar-refractivity contribution in [1.29, 1.82) is 0 Å². The van der Waals surface area contributed by atoms with Crippen LogP contribution in [-0.2, 0) is 5.88 Å². The van der Waals surface area contributed by atoms with E-state index in [1.807, 2.05) is 0 Å². The maximum absolute atomic E-state index is 13.0. The number of aromatic nitrogens is 1. The van der Waals surface area contributed by atoms with E-state index in [4.69, 9.17) is 11.6 Å². The highest BCUT2D eigenvalue weighted by atomic mass is 35.5. The fourth-order valence-electron chi connectivity index (χ4n) is 0.962. The van der Waals surface area contributed by atoms with Crippen LogP contribution in [0.3, 0.4) is 0 Å². The van der Waals surface area contributed by atoms with E-state index in [1.165, 1.54) is 0 Å². The van der Waals surface area contributed by atoms with Crippen LogP contribution in [0, 0.1) is 5.82 Å². The molecule has 1 heterocycles. The van der Waals surface area contributed by atoms with Crippen LogP contribution in [0.25, 0.3) is 0 Å². The van der Waals surface area contributed by atoms with Crippen LogP contribution in [0.15, 0.2) is 6.07 Å². The summed E-state index contributed by atoms with van der Waals surface area (Å²) in [7, 11) is 1.15. The first-order chi connectivity index (χ1) is 6.60. The fraction of sp³-hybridized carbons (Fsp3) is 0.375. The van der Waals surface area contributed by atoms with Crippen molar-refractivity contribution in [1.82, 2.24) is 4.98 Å². The Morgan fingerprint density at radius 2 is 2.21 bits per heavy atom. The zero-order valence-electron chi connectivity index (χ0n) is 7.23. The van der Waals surface area contributed by atoms with Crippen molar-refractivity contribution in [2.24, 2.45) is 0 Å². The molecule has 0 aromatic carbocycles. The monoisotopic (exact) mass is 225 g/mol. The molecule has 0 bridgehead atoms. The first-order valence-electron chi connectivity index (χ1n) is 3.67. The first-order valence-corrected chi connectivity index (χ1v) is 4.21. The van der Waals surface area contributed by atoms with Gasteiger partial charge in [-0.3, -0.25) is 0 Å². The average molecular weight is 226 g/mol. The molecule has 2 nitrogen and oxygen atoms in total. The summed E-state index contributed by atoms with van der Waals surface area (Å²) in [5, 5.41) is 0. The number of nitrogens with zero attached hydrogens (tertiary/aromatic N) is 1. The molecule has 0 atom stereocenters. The minimum absolute atomic E-state index is 0.0278. The van der Waals surface area contributed by atoms with Crippen LogP contribution in [0.1, 0.15) is 17.7 Å². The summed E-state index contributed by atoms with van der Waals surface area (Å²) in [5.74, 6) is -1.46. The Hall–Kier alpha value is -0.970. The van der Waals surface area contributed by atoms with Gasteiger partial charge in [-0.05, 0) is 11.6 Å². The third kappa shape index (κ3) is 2.09. The lowest BCUT2D eigenvalue weighted by molar-refractivity contribution is 0.143. The third-order valence-corrected chi connectivity index (χ3v) is 1.89. The van der Waals surface area contributed by atoms with Gasteiger partial charge in [0.2, 0.25) is 0 Å². The number of halogens is 4. The molecule has 1 aromatic heterocycles. The molecule has 1 aromatic rings. The van der Waals surface area contributed by atoms with Gasteiger partial charge in [0.25, 0.3) is 12.3 Å². The maximum Gasteiger partial charge on any atom is 0.280 e. The van der Waals surface area contributed by atoms with Crippen molar-refractivity contribution in [3.63, 3.8) is 0 Å². The summed E-state index contributed by atoms with van der Waals surface area (Å²) >= 11 is 5.36. The lowest BCUT2D eigenvalue weighted by atomic mass is 10.2. The van der Waals surface area contributed by atoms with Gasteiger partial charge in [0.15, 0.2) is 5.82 Å². The predicted molar refractivity (Wildman–Crippen MR) is 45.3 cm³/mol. The van der Waals surface area contributed by atoms with Crippen molar-refractivity contribution >= 4 is 11.6 Å². The second-order valence-electron chi connectivity index (χ2n) is 2.46. The van der Waals surface area contributed by atoms with E-state index in [0.29, 0.717) is 0 Å². The molecule has 0 aliphatic carbocycles. The third-order valence-electron chi connectivity index (χ3n) is 1.60. The number of hydrogen-bond acceptors (Lipinski definition) is 2. The molecule has 0 aliphatic rings. The van der Waals surface area contributed by atoms with Crippen LogP contribution >= 0.6 is 11.6 Å².